The molecule has 0 bridgehead atoms. The molecule has 0 radical (unpaired) electrons. The smallest absolute Gasteiger partial charge is 0.241 e. The number of nitrogens with zero attached hydrogens (tertiary/aromatic N) is 5. The van der Waals surface area contributed by atoms with Crippen LogP contribution in [0, 0.1) is 13.8 Å². The van der Waals surface area contributed by atoms with Gasteiger partial charge < -0.3 is 9.47 Å². The van der Waals surface area contributed by atoms with E-state index in [9.17, 15) is 4.79 Å². The Bertz CT molecular complexity index is 1210. The number of fused-ring (bicyclic) bond motifs is 1. The lowest BCUT2D eigenvalue weighted by Crippen LogP contribution is -2.25. The van der Waals surface area contributed by atoms with Gasteiger partial charge >= 0.3 is 0 Å². The Labute approximate surface area is 176 Å². The number of pyridine rings is 1. The lowest BCUT2D eigenvalue weighted by atomic mass is 9.93. The molecule has 154 valence electrons. The number of aromatic nitrogens is 4. The first kappa shape index (κ1) is 19.9. The summed E-state index contributed by atoms with van der Waals surface area (Å²) in [7, 11) is 5.49. The largest absolute Gasteiger partial charge is 0.347 e. The zero-order valence-corrected chi connectivity index (χ0v) is 18.2. The Morgan fingerprint density at radius 3 is 2.47 bits per heavy atom. The van der Waals surface area contributed by atoms with Crippen LogP contribution in [0.1, 0.15) is 22.4 Å². The van der Waals surface area contributed by atoms with E-state index in [1.807, 2.05) is 47.2 Å². The summed E-state index contributed by atoms with van der Waals surface area (Å²) in [6.45, 7) is 4.64. The van der Waals surface area contributed by atoms with E-state index in [0.29, 0.717) is 6.54 Å². The van der Waals surface area contributed by atoms with Gasteiger partial charge in [0.05, 0.1) is 17.4 Å². The van der Waals surface area contributed by atoms with E-state index >= 15 is 0 Å². The van der Waals surface area contributed by atoms with Crippen LogP contribution in [0.3, 0.4) is 0 Å². The average Bonchev–Trinajstić information content (AvgIpc) is 3.31. The summed E-state index contributed by atoms with van der Waals surface area (Å²) in [5.41, 5.74) is 8.16. The van der Waals surface area contributed by atoms with Crippen LogP contribution in [-0.4, -0.2) is 44.2 Å². The van der Waals surface area contributed by atoms with Gasteiger partial charge in [-0.2, -0.15) is 5.10 Å². The highest BCUT2D eigenvalue weighted by Gasteiger charge is 2.14. The van der Waals surface area contributed by atoms with E-state index in [0.717, 1.165) is 28.6 Å². The second kappa shape index (κ2) is 7.78. The number of carbonyl (C=O) groups is 1. The van der Waals surface area contributed by atoms with Crippen molar-refractivity contribution in [2.45, 2.75) is 26.8 Å². The van der Waals surface area contributed by atoms with Gasteiger partial charge in [0.2, 0.25) is 5.91 Å². The number of likely N-dealkylation sites (N-methyl/N-ethyl adjacent to an activating group) is 1. The van der Waals surface area contributed by atoms with Gasteiger partial charge in [-0.05, 0) is 48.2 Å². The normalized spacial score (nSPS) is 11.2. The third kappa shape index (κ3) is 3.73. The van der Waals surface area contributed by atoms with E-state index in [1.54, 1.807) is 19.0 Å². The van der Waals surface area contributed by atoms with Gasteiger partial charge in [-0.1, -0.05) is 12.1 Å². The fraction of sp³-hybridized carbons (Fsp3) is 0.292. The fourth-order valence-electron chi connectivity index (χ4n) is 3.92. The Hall–Kier alpha value is -3.41. The third-order valence-corrected chi connectivity index (χ3v) is 5.66. The fourth-order valence-corrected chi connectivity index (χ4v) is 3.92. The van der Waals surface area contributed by atoms with Gasteiger partial charge in [0.25, 0.3) is 0 Å². The van der Waals surface area contributed by atoms with Crippen LogP contribution in [0.4, 0.5) is 0 Å². The molecule has 0 saturated carbocycles. The maximum atomic E-state index is 12.2. The molecule has 4 rings (SSSR count). The van der Waals surface area contributed by atoms with Crippen molar-refractivity contribution in [1.82, 2.24) is 24.2 Å². The van der Waals surface area contributed by atoms with Crippen LogP contribution in [0.15, 0.2) is 49.1 Å². The summed E-state index contributed by atoms with van der Waals surface area (Å²) in [6, 6.07) is 8.49. The Balaban J connectivity index is 1.67. The van der Waals surface area contributed by atoms with Crippen molar-refractivity contribution < 1.29 is 4.79 Å². The molecule has 0 N–H and O–H groups in total. The van der Waals surface area contributed by atoms with Gasteiger partial charge in [-0.25, -0.2) is 0 Å². The minimum absolute atomic E-state index is 0.0727. The summed E-state index contributed by atoms with van der Waals surface area (Å²) in [5, 5.41) is 5.38. The predicted molar refractivity (Wildman–Crippen MR) is 119 cm³/mol. The third-order valence-electron chi connectivity index (χ3n) is 5.66. The highest BCUT2D eigenvalue weighted by atomic mass is 16.2. The van der Waals surface area contributed by atoms with Crippen LogP contribution in [0.5, 0.6) is 0 Å². The first-order chi connectivity index (χ1) is 14.3. The molecule has 30 heavy (non-hydrogen) atoms. The van der Waals surface area contributed by atoms with Crippen molar-refractivity contribution in [3.63, 3.8) is 0 Å². The number of amides is 1. The molecule has 6 heteroatoms. The summed E-state index contributed by atoms with van der Waals surface area (Å²) in [5.74, 6) is 0.0727. The average molecular weight is 402 g/mol. The van der Waals surface area contributed by atoms with Gasteiger partial charge in [0.1, 0.15) is 6.54 Å². The SMILES string of the molecule is Cc1cc(-c2cnn(C)c2)cc(C)c1Cc1nccc2c1ccn2CC(=O)N(C)C. The second-order valence-electron chi connectivity index (χ2n) is 8.09. The minimum atomic E-state index is 0.0727. The van der Waals surface area contributed by atoms with Crippen molar-refractivity contribution >= 4 is 16.8 Å². The topological polar surface area (TPSA) is 56.0 Å². The van der Waals surface area contributed by atoms with E-state index in [-0.39, 0.29) is 5.91 Å². The number of hydrogen-bond acceptors (Lipinski definition) is 3. The minimum Gasteiger partial charge on any atom is -0.347 e. The molecule has 0 atom stereocenters. The van der Waals surface area contributed by atoms with E-state index in [4.69, 9.17) is 0 Å². The van der Waals surface area contributed by atoms with Crippen LogP contribution in [-0.2, 0) is 24.8 Å². The van der Waals surface area contributed by atoms with E-state index < -0.39 is 0 Å². The van der Waals surface area contributed by atoms with E-state index in [2.05, 4.69) is 42.1 Å². The van der Waals surface area contributed by atoms with Gasteiger partial charge in [0.15, 0.2) is 0 Å². The molecule has 0 fully saturated rings. The molecule has 0 saturated heterocycles. The molecule has 0 aliphatic carbocycles. The molecular formula is C24H27N5O. The maximum Gasteiger partial charge on any atom is 0.241 e. The Morgan fingerprint density at radius 2 is 1.83 bits per heavy atom. The molecule has 0 aliphatic heterocycles. The Kier molecular flexibility index (Phi) is 5.16. The lowest BCUT2D eigenvalue weighted by molar-refractivity contribution is -0.129. The second-order valence-corrected chi connectivity index (χ2v) is 8.09. The lowest BCUT2D eigenvalue weighted by Gasteiger charge is -2.14. The quantitative estimate of drug-likeness (QED) is 0.512. The maximum absolute atomic E-state index is 12.2. The van der Waals surface area contributed by atoms with Crippen molar-refractivity contribution in [2.24, 2.45) is 7.05 Å². The number of aryl methyl sites for hydroxylation is 3. The van der Waals surface area contributed by atoms with Gasteiger partial charge in [-0.15, -0.1) is 0 Å². The van der Waals surface area contributed by atoms with Crippen molar-refractivity contribution in [2.75, 3.05) is 14.1 Å². The summed E-state index contributed by atoms with van der Waals surface area (Å²) >= 11 is 0. The molecule has 0 unspecified atom stereocenters. The zero-order chi connectivity index (χ0) is 21.4. The van der Waals surface area contributed by atoms with Crippen molar-refractivity contribution in [3.05, 3.63) is 71.4 Å². The highest BCUT2D eigenvalue weighted by molar-refractivity contribution is 5.85. The van der Waals surface area contributed by atoms with Gasteiger partial charge in [0, 0.05) is 57.1 Å². The number of carbonyl (C=O) groups excluding carboxylic acids is 1. The number of rotatable bonds is 5. The monoisotopic (exact) mass is 401 g/mol. The summed E-state index contributed by atoms with van der Waals surface area (Å²) in [6.07, 6.45) is 8.50. The summed E-state index contributed by atoms with van der Waals surface area (Å²) in [4.78, 5) is 18.4. The summed E-state index contributed by atoms with van der Waals surface area (Å²) < 4.78 is 3.82. The van der Waals surface area contributed by atoms with Crippen LogP contribution in [0.25, 0.3) is 22.0 Å². The highest BCUT2D eigenvalue weighted by Crippen LogP contribution is 2.28. The van der Waals surface area contributed by atoms with Crippen molar-refractivity contribution in [3.8, 4) is 11.1 Å². The van der Waals surface area contributed by atoms with Crippen molar-refractivity contribution in [1.29, 1.82) is 0 Å². The molecule has 1 amide bonds. The number of hydrogen-bond donors (Lipinski definition) is 0. The first-order valence-corrected chi connectivity index (χ1v) is 10.1. The van der Waals surface area contributed by atoms with E-state index in [1.165, 1.54) is 22.3 Å². The molecule has 1 aromatic carbocycles. The molecule has 6 nitrogen and oxygen atoms in total. The van der Waals surface area contributed by atoms with Crippen LogP contribution >= 0.6 is 0 Å². The van der Waals surface area contributed by atoms with Gasteiger partial charge in [-0.3, -0.25) is 14.5 Å². The van der Waals surface area contributed by atoms with Crippen LogP contribution < -0.4 is 0 Å². The molecule has 3 aromatic heterocycles. The molecule has 3 heterocycles. The number of benzene rings is 1. The molecule has 0 spiro atoms. The Morgan fingerprint density at radius 1 is 1.10 bits per heavy atom. The zero-order valence-electron chi connectivity index (χ0n) is 18.2. The molecule has 4 aromatic rings. The standard InChI is InChI=1S/C24H27N5O/c1-16-10-18(19-13-26-28(5)14-19)11-17(2)21(16)12-22-20-7-9-29(15-24(30)27(3)4)23(20)6-8-25-22/h6-11,13-14H,12,15H2,1-5H3. The molecule has 0 aliphatic rings. The van der Waals surface area contributed by atoms with Crippen LogP contribution in [0.2, 0.25) is 0 Å². The molecular weight excluding hydrogens is 374 g/mol. The predicted octanol–water partition coefficient (Wildman–Crippen LogP) is 3.73. The first-order valence-electron chi connectivity index (χ1n) is 10.1.